The topological polar surface area (TPSA) is 63.0 Å². The molecule has 0 aliphatic carbocycles. The number of aromatic nitrogens is 3. The van der Waals surface area contributed by atoms with Crippen LogP contribution in [-0.2, 0) is 19.6 Å². The number of aliphatic hydroxyl groups is 1. The Morgan fingerprint density at radius 2 is 2.28 bits per heavy atom. The molecule has 2 rings (SSSR count). The van der Waals surface area contributed by atoms with Crippen LogP contribution in [-0.4, -0.2) is 26.7 Å². The van der Waals surface area contributed by atoms with Crippen LogP contribution in [0.2, 0.25) is 0 Å². The summed E-state index contributed by atoms with van der Waals surface area (Å²) in [7, 11) is 0. The van der Waals surface area contributed by atoms with Gasteiger partial charge in [0.15, 0.2) is 0 Å². The highest BCUT2D eigenvalue weighted by molar-refractivity contribution is 9.11. The lowest BCUT2D eigenvalue weighted by Crippen LogP contribution is -2.12. The van der Waals surface area contributed by atoms with Crippen LogP contribution < -0.4 is 5.32 Å². The van der Waals surface area contributed by atoms with E-state index in [2.05, 4.69) is 37.6 Å². The van der Waals surface area contributed by atoms with Crippen LogP contribution in [0.5, 0.6) is 0 Å². The number of nitrogens with one attached hydrogen (secondary N) is 1. The van der Waals surface area contributed by atoms with Crippen molar-refractivity contribution >= 4 is 27.3 Å². The van der Waals surface area contributed by atoms with Crippen molar-refractivity contribution in [3.8, 4) is 0 Å². The molecule has 18 heavy (non-hydrogen) atoms. The highest BCUT2D eigenvalue weighted by Gasteiger charge is 2.01. The van der Waals surface area contributed by atoms with Crippen molar-refractivity contribution in [1.29, 1.82) is 0 Å². The fourth-order valence-corrected chi connectivity index (χ4v) is 2.97. The smallest absolute Gasteiger partial charge is 0.0964 e. The number of thiophene rings is 1. The number of aliphatic hydroxyl groups excluding tert-OH is 1. The summed E-state index contributed by atoms with van der Waals surface area (Å²) in [5.41, 5.74) is 0.920. The first-order valence-electron chi connectivity index (χ1n) is 5.73. The maximum Gasteiger partial charge on any atom is 0.0964 e. The minimum atomic E-state index is 0.181. The van der Waals surface area contributed by atoms with Crippen molar-refractivity contribution in [2.75, 3.05) is 6.61 Å². The van der Waals surface area contributed by atoms with E-state index in [-0.39, 0.29) is 6.61 Å². The van der Waals surface area contributed by atoms with E-state index in [0.717, 1.165) is 16.0 Å². The van der Waals surface area contributed by atoms with Gasteiger partial charge in [-0.25, -0.2) is 0 Å². The van der Waals surface area contributed by atoms with Crippen molar-refractivity contribution in [3.63, 3.8) is 0 Å². The number of rotatable bonds is 7. The summed E-state index contributed by atoms with van der Waals surface area (Å²) in [5.74, 6) is 0. The molecular formula is C11H15BrN4OS. The van der Waals surface area contributed by atoms with Crippen LogP contribution in [0.25, 0.3) is 0 Å². The van der Waals surface area contributed by atoms with E-state index in [1.54, 1.807) is 16.0 Å². The van der Waals surface area contributed by atoms with Crippen LogP contribution >= 0.6 is 27.3 Å². The Kier molecular flexibility index (Phi) is 5.30. The van der Waals surface area contributed by atoms with Gasteiger partial charge < -0.3 is 10.4 Å². The Bertz CT molecular complexity index is 485. The first kappa shape index (κ1) is 13.7. The minimum Gasteiger partial charge on any atom is -0.396 e. The maximum absolute atomic E-state index is 8.73. The third kappa shape index (κ3) is 4.16. The monoisotopic (exact) mass is 330 g/mol. The molecule has 0 unspecified atom stereocenters. The van der Waals surface area contributed by atoms with E-state index >= 15 is 0 Å². The summed E-state index contributed by atoms with van der Waals surface area (Å²) in [6, 6.07) is 4.15. The molecule has 0 aliphatic heterocycles. The Balaban J connectivity index is 1.74. The van der Waals surface area contributed by atoms with Gasteiger partial charge in [-0.15, -0.1) is 16.4 Å². The van der Waals surface area contributed by atoms with E-state index < -0.39 is 0 Å². The second kappa shape index (κ2) is 6.98. The summed E-state index contributed by atoms with van der Waals surface area (Å²) < 4.78 is 2.91. The van der Waals surface area contributed by atoms with Gasteiger partial charge in [0.2, 0.25) is 0 Å². The predicted octanol–water partition coefficient (Wildman–Crippen LogP) is 1.77. The largest absolute Gasteiger partial charge is 0.396 e. The van der Waals surface area contributed by atoms with Crippen molar-refractivity contribution in [1.82, 2.24) is 20.3 Å². The summed E-state index contributed by atoms with van der Waals surface area (Å²) in [5, 5.41) is 20.1. The van der Waals surface area contributed by atoms with Crippen LogP contribution in [0.15, 0.2) is 22.1 Å². The van der Waals surface area contributed by atoms with Gasteiger partial charge in [0.05, 0.1) is 9.48 Å². The fraction of sp³-hybridized carbons (Fsp3) is 0.455. The molecule has 2 heterocycles. The molecule has 5 nitrogen and oxygen atoms in total. The lowest BCUT2D eigenvalue weighted by Gasteiger charge is -1.99. The molecule has 0 aliphatic rings. The standard InChI is InChI=1S/C11H15BrN4OS/c12-11-3-2-10(18-11)7-13-6-9-8-16(15-14-9)4-1-5-17/h2-3,8,13,17H,1,4-7H2. The average Bonchev–Trinajstić information content (AvgIpc) is 2.96. The molecule has 7 heteroatoms. The third-order valence-corrected chi connectivity index (χ3v) is 3.99. The van der Waals surface area contributed by atoms with Crippen molar-refractivity contribution in [2.45, 2.75) is 26.1 Å². The molecule has 0 aromatic carbocycles. The quantitative estimate of drug-likeness (QED) is 0.812. The summed E-state index contributed by atoms with van der Waals surface area (Å²) in [6.45, 7) is 2.43. The molecular weight excluding hydrogens is 316 g/mol. The van der Waals surface area contributed by atoms with E-state index in [1.807, 2.05) is 12.3 Å². The minimum absolute atomic E-state index is 0.181. The molecule has 98 valence electrons. The van der Waals surface area contributed by atoms with Crippen LogP contribution in [0.3, 0.4) is 0 Å². The van der Waals surface area contributed by atoms with Gasteiger partial charge in [0.25, 0.3) is 0 Å². The zero-order valence-electron chi connectivity index (χ0n) is 9.84. The van der Waals surface area contributed by atoms with Gasteiger partial charge in [-0.05, 0) is 34.5 Å². The molecule has 0 fully saturated rings. The number of hydrogen-bond donors (Lipinski definition) is 2. The van der Waals surface area contributed by atoms with Gasteiger partial charge in [-0.3, -0.25) is 4.68 Å². The summed E-state index contributed by atoms with van der Waals surface area (Å²) in [6.07, 6.45) is 2.62. The van der Waals surface area contributed by atoms with Crippen molar-refractivity contribution < 1.29 is 5.11 Å². The molecule has 0 atom stereocenters. The Labute approximate surface area is 118 Å². The number of nitrogens with zero attached hydrogens (tertiary/aromatic N) is 3. The normalized spacial score (nSPS) is 11.0. The lowest BCUT2D eigenvalue weighted by atomic mass is 10.4. The average molecular weight is 331 g/mol. The molecule has 0 bridgehead atoms. The Morgan fingerprint density at radius 1 is 1.39 bits per heavy atom. The van der Waals surface area contributed by atoms with Crippen LogP contribution in [0, 0.1) is 0 Å². The second-order valence-corrected chi connectivity index (χ2v) is 6.41. The van der Waals surface area contributed by atoms with Gasteiger partial charge in [-0.1, -0.05) is 5.21 Å². The zero-order chi connectivity index (χ0) is 12.8. The highest BCUT2D eigenvalue weighted by Crippen LogP contribution is 2.21. The van der Waals surface area contributed by atoms with E-state index in [4.69, 9.17) is 5.11 Å². The maximum atomic E-state index is 8.73. The van der Waals surface area contributed by atoms with Gasteiger partial charge in [-0.2, -0.15) is 0 Å². The zero-order valence-corrected chi connectivity index (χ0v) is 12.2. The number of aryl methyl sites for hydroxylation is 1. The van der Waals surface area contributed by atoms with Gasteiger partial charge in [0.1, 0.15) is 0 Å². The first-order valence-corrected chi connectivity index (χ1v) is 7.33. The summed E-state index contributed by atoms with van der Waals surface area (Å²) in [4.78, 5) is 1.29. The van der Waals surface area contributed by atoms with E-state index in [9.17, 15) is 0 Å². The third-order valence-electron chi connectivity index (χ3n) is 2.37. The first-order chi connectivity index (χ1) is 8.78. The molecule has 0 amide bonds. The molecule has 2 N–H and O–H groups in total. The molecule has 2 aromatic rings. The van der Waals surface area contributed by atoms with Crippen molar-refractivity contribution in [2.24, 2.45) is 0 Å². The van der Waals surface area contributed by atoms with Gasteiger partial charge >= 0.3 is 0 Å². The molecule has 0 radical (unpaired) electrons. The number of halogens is 1. The van der Waals surface area contributed by atoms with E-state index in [1.165, 1.54) is 4.88 Å². The lowest BCUT2D eigenvalue weighted by molar-refractivity contribution is 0.276. The van der Waals surface area contributed by atoms with Crippen molar-refractivity contribution in [3.05, 3.63) is 32.7 Å². The highest BCUT2D eigenvalue weighted by atomic mass is 79.9. The molecule has 2 aromatic heterocycles. The fourth-order valence-electron chi connectivity index (χ4n) is 1.52. The Morgan fingerprint density at radius 3 is 3.00 bits per heavy atom. The predicted molar refractivity (Wildman–Crippen MR) is 74.3 cm³/mol. The molecule has 0 saturated carbocycles. The van der Waals surface area contributed by atoms with Crippen LogP contribution in [0.4, 0.5) is 0 Å². The molecule has 0 saturated heterocycles. The Hall–Kier alpha value is -0.760. The number of hydrogen-bond acceptors (Lipinski definition) is 5. The van der Waals surface area contributed by atoms with Gasteiger partial charge in [0, 0.05) is 37.3 Å². The second-order valence-electron chi connectivity index (χ2n) is 3.86. The molecule has 0 spiro atoms. The SMILES string of the molecule is OCCCn1cc(CNCc2ccc(Br)s2)nn1. The summed E-state index contributed by atoms with van der Waals surface area (Å²) >= 11 is 5.17. The van der Waals surface area contributed by atoms with E-state index in [0.29, 0.717) is 19.5 Å². The van der Waals surface area contributed by atoms with Crippen LogP contribution in [0.1, 0.15) is 17.0 Å².